The molecule has 27 heavy (non-hydrogen) atoms. The van der Waals surface area contributed by atoms with Gasteiger partial charge in [-0.05, 0) is 0 Å². The molecule has 4 heterocycles. The Hall–Kier alpha value is -3.13. The number of hydrogen-bond donors (Lipinski definition) is 6. The van der Waals surface area contributed by atoms with E-state index in [2.05, 4.69) is 19.9 Å². The summed E-state index contributed by atoms with van der Waals surface area (Å²) < 4.78 is 6.08. The summed E-state index contributed by atoms with van der Waals surface area (Å²) in [6, 6.07) is 1.09. The van der Waals surface area contributed by atoms with Crippen LogP contribution in [0, 0.1) is 0 Å². The lowest BCUT2D eigenvalue weighted by atomic mass is 10.1. The molecule has 13 heteroatoms. The van der Waals surface area contributed by atoms with Crippen LogP contribution in [-0.2, 0) is 4.74 Å². The predicted molar refractivity (Wildman–Crippen MR) is 90.4 cm³/mol. The molecule has 1 aliphatic rings. The second kappa shape index (κ2) is 7.63. The van der Waals surface area contributed by atoms with E-state index < -0.39 is 42.4 Å². The van der Waals surface area contributed by atoms with Crippen LogP contribution in [0.15, 0.2) is 34.5 Å². The number of anilines is 1. The topological polar surface area (TPSA) is 205 Å². The minimum Gasteiger partial charge on any atom is -0.394 e. The number of ether oxygens (including phenoxy) is 1. The van der Waals surface area contributed by atoms with E-state index in [1.54, 1.807) is 0 Å². The van der Waals surface area contributed by atoms with Crippen LogP contribution in [0.4, 0.5) is 5.82 Å². The highest BCUT2D eigenvalue weighted by molar-refractivity contribution is 5.80. The summed E-state index contributed by atoms with van der Waals surface area (Å²) in [6.45, 7) is -0.479. The van der Waals surface area contributed by atoms with Crippen LogP contribution in [0.2, 0.25) is 0 Å². The van der Waals surface area contributed by atoms with Gasteiger partial charge >= 0.3 is 5.69 Å². The smallest absolute Gasteiger partial charge is 0.330 e. The van der Waals surface area contributed by atoms with Gasteiger partial charge in [0.15, 0.2) is 17.7 Å². The molecule has 7 N–H and O–H groups in total. The fraction of sp³-hybridized carbons (Fsp3) is 0.357. The fourth-order valence-corrected chi connectivity index (χ4v) is 2.52. The number of hydrogen-bond acceptors (Lipinski definition) is 10. The van der Waals surface area contributed by atoms with E-state index in [9.17, 15) is 19.8 Å². The van der Waals surface area contributed by atoms with E-state index in [1.807, 2.05) is 4.98 Å². The molecule has 0 radical (unpaired) electrons. The fourth-order valence-electron chi connectivity index (χ4n) is 2.52. The van der Waals surface area contributed by atoms with E-state index in [4.69, 9.17) is 15.6 Å². The number of nitrogen functional groups attached to an aromatic ring is 1. The molecule has 1 saturated heterocycles. The molecule has 1 aliphatic heterocycles. The summed E-state index contributed by atoms with van der Waals surface area (Å²) in [7, 11) is 0. The van der Waals surface area contributed by atoms with Crippen LogP contribution in [0.3, 0.4) is 0 Å². The number of nitrogens with one attached hydrogen (secondary N) is 2. The number of aliphatic hydroxyl groups excluding tert-OH is 3. The number of imidazole rings is 1. The molecule has 1 fully saturated rings. The number of aromatic amines is 2. The maximum absolute atomic E-state index is 11.4. The van der Waals surface area contributed by atoms with Gasteiger partial charge < -0.3 is 30.8 Å². The highest BCUT2D eigenvalue weighted by Gasteiger charge is 2.43. The van der Waals surface area contributed by atoms with Gasteiger partial charge in [-0.3, -0.25) is 14.3 Å². The summed E-state index contributed by atoms with van der Waals surface area (Å²) >= 11 is 0. The van der Waals surface area contributed by atoms with Crippen LogP contribution in [0.25, 0.3) is 11.2 Å². The highest BCUT2D eigenvalue weighted by atomic mass is 16.6. The van der Waals surface area contributed by atoms with Crippen molar-refractivity contribution in [3.05, 3.63) is 45.8 Å². The number of H-pyrrole nitrogens is 2. The maximum atomic E-state index is 11.4. The second-order valence-corrected chi connectivity index (χ2v) is 5.61. The van der Waals surface area contributed by atoms with Gasteiger partial charge in [0.25, 0.3) is 5.56 Å². The van der Waals surface area contributed by atoms with Crippen molar-refractivity contribution in [2.75, 3.05) is 12.3 Å². The Morgan fingerprint density at radius 3 is 2.63 bits per heavy atom. The maximum Gasteiger partial charge on any atom is 0.330 e. The van der Waals surface area contributed by atoms with Crippen molar-refractivity contribution in [3.63, 3.8) is 0 Å². The molecule has 0 aliphatic carbocycles. The molecule has 3 aromatic heterocycles. The molecule has 0 unspecified atom stereocenters. The summed E-state index contributed by atoms with van der Waals surface area (Å²) in [5.41, 5.74) is 5.45. The van der Waals surface area contributed by atoms with E-state index in [0.29, 0.717) is 17.0 Å². The molecule has 144 valence electrons. The van der Waals surface area contributed by atoms with Crippen molar-refractivity contribution < 1.29 is 20.1 Å². The van der Waals surface area contributed by atoms with Crippen LogP contribution in [0.5, 0.6) is 0 Å². The van der Waals surface area contributed by atoms with Crippen LogP contribution < -0.4 is 17.0 Å². The first-order valence-corrected chi connectivity index (χ1v) is 7.76. The molecular formula is C14H17N7O6. The van der Waals surface area contributed by atoms with E-state index in [-0.39, 0.29) is 0 Å². The zero-order valence-corrected chi connectivity index (χ0v) is 13.8. The first-order chi connectivity index (χ1) is 12.9. The number of nitrogens with two attached hydrogens (primary N) is 1. The van der Waals surface area contributed by atoms with Crippen molar-refractivity contribution in [2.24, 2.45) is 0 Å². The third-order valence-corrected chi connectivity index (χ3v) is 3.89. The average Bonchev–Trinajstić information content (AvgIpc) is 3.23. The molecule has 13 nitrogen and oxygen atoms in total. The number of aromatic nitrogens is 6. The predicted octanol–water partition coefficient (Wildman–Crippen LogP) is -2.92. The molecule has 0 bridgehead atoms. The summed E-state index contributed by atoms with van der Waals surface area (Å²) in [6.07, 6.45) is -0.657. The Labute approximate surface area is 150 Å². The molecule has 3 aromatic rings. The third kappa shape index (κ3) is 3.70. The Morgan fingerprint density at radius 2 is 2.00 bits per heavy atom. The first-order valence-electron chi connectivity index (χ1n) is 7.76. The van der Waals surface area contributed by atoms with Gasteiger partial charge in [-0.2, -0.15) is 0 Å². The lowest BCUT2D eigenvalue weighted by molar-refractivity contribution is -0.0550. The van der Waals surface area contributed by atoms with Crippen molar-refractivity contribution in [1.82, 2.24) is 29.5 Å². The standard InChI is InChI=1S/C9H12N2O6.C5H5N5/c12-3-4-6(14)7(15)8(17-4)11-2-1-5(13)10-9(11)16;6-4-3-5(9-1-7-3)10-2-8-4/h1-2,4,6-8,12,14-15H,3H2,(H,10,13,16);1-2H,(H3,6,7,8,9,10)/t4-,6-,7-,8-;/m1./s1. The van der Waals surface area contributed by atoms with Gasteiger partial charge in [0, 0.05) is 12.3 Å². The molecule has 0 amide bonds. The number of rotatable bonds is 2. The molecule has 0 spiro atoms. The van der Waals surface area contributed by atoms with Crippen molar-refractivity contribution in [2.45, 2.75) is 24.5 Å². The minimum atomic E-state index is -1.35. The van der Waals surface area contributed by atoms with Crippen LogP contribution >= 0.6 is 0 Å². The quantitative estimate of drug-likeness (QED) is 0.267. The van der Waals surface area contributed by atoms with Crippen molar-refractivity contribution in [3.8, 4) is 0 Å². The minimum absolute atomic E-state index is 0.433. The largest absolute Gasteiger partial charge is 0.394 e. The van der Waals surface area contributed by atoms with Crippen molar-refractivity contribution in [1.29, 1.82) is 0 Å². The Kier molecular flexibility index (Phi) is 5.27. The van der Waals surface area contributed by atoms with E-state index in [0.717, 1.165) is 16.8 Å². The lowest BCUT2D eigenvalue weighted by Crippen LogP contribution is -2.37. The molecule has 4 atom stereocenters. The lowest BCUT2D eigenvalue weighted by Gasteiger charge is -2.16. The molecule has 0 saturated carbocycles. The Bertz CT molecular complexity index is 1030. The summed E-state index contributed by atoms with van der Waals surface area (Å²) in [5, 5.41) is 28.1. The third-order valence-electron chi connectivity index (χ3n) is 3.89. The van der Waals surface area contributed by atoms with Gasteiger partial charge in [-0.15, -0.1) is 0 Å². The zero-order valence-electron chi connectivity index (χ0n) is 13.8. The number of fused-ring (bicyclic) bond motifs is 1. The van der Waals surface area contributed by atoms with Crippen LogP contribution in [0.1, 0.15) is 6.23 Å². The Morgan fingerprint density at radius 1 is 1.22 bits per heavy atom. The first kappa shape index (κ1) is 18.7. The van der Waals surface area contributed by atoms with Crippen LogP contribution in [-0.4, -0.2) is 69.7 Å². The normalized spacial score (nSPS) is 24.6. The Balaban J connectivity index is 0.000000177. The van der Waals surface area contributed by atoms with Gasteiger partial charge in [0.2, 0.25) is 0 Å². The second-order valence-electron chi connectivity index (χ2n) is 5.61. The van der Waals surface area contributed by atoms with Gasteiger partial charge in [0.1, 0.15) is 30.2 Å². The molecule has 4 rings (SSSR count). The van der Waals surface area contributed by atoms with E-state index in [1.165, 1.54) is 12.7 Å². The molecule has 0 aromatic carbocycles. The van der Waals surface area contributed by atoms with Gasteiger partial charge in [0.05, 0.1) is 12.9 Å². The number of aliphatic hydroxyl groups is 3. The zero-order chi connectivity index (χ0) is 19.6. The van der Waals surface area contributed by atoms with Gasteiger partial charge in [-0.1, -0.05) is 0 Å². The summed E-state index contributed by atoms with van der Waals surface area (Å²) in [5.74, 6) is 0.433. The highest BCUT2D eigenvalue weighted by Crippen LogP contribution is 2.27. The van der Waals surface area contributed by atoms with Gasteiger partial charge in [-0.25, -0.2) is 19.7 Å². The monoisotopic (exact) mass is 379 g/mol. The molecular weight excluding hydrogens is 362 g/mol. The van der Waals surface area contributed by atoms with E-state index >= 15 is 0 Å². The SMILES string of the molecule is Nc1ncnc2nc[nH]c12.O=c1ccn([C@@H]2O[C@H](CO)[C@@H](O)[C@H]2O)c(=O)[nH]1. The average molecular weight is 379 g/mol. The van der Waals surface area contributed by atoms with Crippen molar-refractivity contribution >= 4 is 17.0 Å². The summed E-state index contributed by atoms with van der Waals surface area (Å²) in [4.78, 5) is 38.7. The number of nitrogens with zero attached hydrogens (tertiary/aromatic N) is 4.